The molecule has 0 atom stereocenters. The molecule has 1 aliphatic rings. The number of hydrogen-bond donors (Lipinski definition) is 0. The number of amides is 1. The van der Waals surface area contributed by atoms with Crippen molar-refractivity contribution in [3.63, 3.8) is 0 Å². The lowest BCUT2D eigenvalue weighted by atomic mass is 9.84. The third-order valence-electron chi connectivity index (χ3n) is 4.82. The minimum Gasteiger partial charge on any atom is -0.338 e. The van der Waals surface area contributed by atoms with E-state index in [1.807, 2.05) is 4.90 Å². The minimum atomic E-state index is -3.79. The van der Waals surface area contributed by atoms with Crippen LogP contribution < -0.4 is 0 Å². The van der Waals surface area contributed by atoms with Crippen molar-refractivity contribution < 1.29 is 13.2 Å². The second-order valence-corrected chi connectivity index (χ2v) is 10.6. The molecule has 0 aliphatic carbocycles. The van der Waals surface area contributed by atoms with E-state index >= 15 is 0 Å². The fourth-order valence-corrected chi connectivity index (χ4v) is 6.11. The lowest BCUT2D eigenvalue weighted by molar-refractivity contribution is 0.0583. The van der Waals surface area contributed by atoms with Crippen molar-refractivity contribution in [3.8, 4) is 0 Å². The predicted molar refractivity (Wildman–Crippen MR) is 111 cm³/mol. The van der Waals surface area contributed by atoms with E-state index in [2.05, 4.69) is 18.8 Å². The van der Waals surface area contributed by atoms with Crippen LogP contribution in [0.25, 0.3) is 0 Å². The summed E-state index contributed by atoms with van der Waals surface area (Å²) in [7, 11) is -3.79. The van der Waals surface area contributed by atoms with Gasteiger partial charge in [0, 0.05) is 25.5 Å². The molecule has 0 spiro atoms. The molecule has 1 aromatic heterocycles. The van der Waals surface area contributed by atoms with Crippen LogP contribution in [0.5, 0.6) is 0 Å². The van der Waals surface area contributed by atoms with Crippen molar-refractivity contribution >= 4 is 38.9 Å². The van der Waals surface area contributed by atoms with Crippen molar-refractivity contribution in [2.45, 2.75) is 37.3 Å². The first-order valence-electron chi connectivity index (χ1n) is 8.99. The Labute approximate surface area is 175 Å². The van der Waals surface area contributed by atoms with Gasteiger partial charge in [0.1, 0.15) is 4.90 Å². The fraction of sp³-hybridized carbons (Fsp3) is 0.400. The van der Waals surface area contributed by atoms with Gasteiger partial charge in [-0.2, -0.15) is 0 Å². The van der Waals surface area contributed by atoms with Crippen LogP contribution in [0.3, 0.4) is 0 Å². The summed E-state index contributed by atoms with van der Waals surface area (Å²) in [5.74, 6) is -0.467. The van der Waals surface area contributed by atoms with E-state index in [-0.39, 0.29) is 32.0 Å². The third kappa shape index (κ3) is 4.67. The number of benzene rings is 1. The zero-order chi connectivity index (χ0) is 20.5. The maximum Gasteiger partial charge on any atom is 0.255 e. The van der Waals surface area contributed by atoms with Crippen LogP contribution in [-0.2, 0) is 15.6 Å². The molecule has 0 N–H and O–H groups in total. The number of likely N-dealkylation sites (tertiary alicyclic amines) is 1. The van der Waals surface area contributed by atoms with Crippen LogP contribution in [0.4, 0.5) is 0 Å². The average Bonchev–Trinajstić information content (AvgIpc) is 2.59. The summed E-state index contributed by atoms with van der Waals surface area (Å²) in [6.45, 7) is 5.64. The van der Waals surface area contributed by atoms with E-state index in [4.69, 9.17) is 23.2 Å². The zero-order valence-corrected chi connectivity index (χ0v) is 18.1. The van der Waals surface area contributed by atoms with Gasteiger partial charge < -0.3 is 4.90 Å². The second kappa shape index (κ2) is 8.01. The molecule has 8 heteroatoms. The molecule has 0 unspecified atom stereocenters. The Kier molecular flexibility index (Phi) is 6.03. The summed E-state index contributed by atoms with van der Waals surface area (Å²) >= 11 is 12.1. The highest BCUT2D eigenvalue weighted by atomic mass is 35.5. The molecule has 1 aliphatic heterocycles. The Bertz CT molecular complexity index is 986. The van der Waals surface area contributed by atoms with Crippen LogP contribution in [-0.4, -0.2) is 37.3 Å². The van der Waals surface area contributed by atoms with Gasteiger partial charge >= 0.3 is 0 Å². The number of piperidine rings is 1. The minimum absolute atomic E-state index is 0.0724. The normalized spacial score (nSPS) is 16.8. The Morgan fingerprint density at radius 3 is 2.54 bits per heavy atom. The smallest absolute Gasteiger partial charge is 0.255 e. The summed E-state index contributed by atoms with van der Waals surface area (Å²) in [5.41, 5.74) is 0.872. The summed E-state index contributed by atoms with van der Waals surface area (Å²) in [5, 5.41) is 0.145. The molecule has 28 heavy (non-hydrogen) atoms. The van der Waals surface area contributed by atoms with Crippen LogP contribution >= 0.6 is 23.2 Å². The summed E-state index contributed by atoms with van der Waals surface area (Å²) in [6, 6.07) is 6.14. The van der Waals surface area contributed by atoms with Gasteiger partial charge in [0.2, 0.25) is 0 Å². The van der Waals surface area contributed by atoms with Crippen molar-refractivity contribution in [1.82, 2.24) is 9.88 Å². The summed E-state index contributed by atoms with van der Waals surface area (Å²) < 4.78 is 25.6. The molecular weight excluding hydrogens is 419 g/mol. The first-order valence-corrected chi connectivity index (χ1v) is 11.4. The maximum absolute atomic E-state index is 12.9. The van der Waals surface area contributed by atoms with E-state index < -0.39 is 9.84 Å². The van der Waals surface area contributed by atoms with E-state index in [9.17, 15) is 13.2 Å². The number of carbonyl (C=O) groups excluding carboxylic acids is 1. The van der Waals surface area contributed by atoms with Crippen molar-refractivity contribution in [1.29, 1.82) is 0 Å². The number of nitrogens with zero attached hydrogens (tertiary/aromatic N) is 2. The molecule has 150 valence electrons. The van der Waals surface area contributed by atoms with E-state index in [1.54, 1.807) is 12.1 Å². The quantitative estimate of drug-likeness (QED) is 0.694. The van der Waals surface area contributed by atoms with Gasteiger partial charge in [0.25, 0.3) is 5.91 Å². The van der Waals surface area contributed by atoms with Gasteiger partial charge in [-0.1, -0.05) is 43.1 Å². The number of pyridine rings is 1. The molecule has 0 bridgehead atoms. The van der Waals surface area contributed by atoms with Gasteiger partial charge in [0.15, 0.2) is 9.84 Å². The maximum atomic E-state index is 12.9. The Hall–Kier alpha value is -1.63. The summed E-state index contributed by atoms with van der Waals surface area (Å²) in [6.07, 6.45) is 4.94. The van der Waals surface area contributed by atoms with Crippen molar-refractivity contribution in [2.75, 3.05) is 13.1 Å². The van der Waals surface area contributed by atoms with Crippen molar-refractivity contribution in [2.24, 2.45) is 5.41 Å². The Balaban J connectivity index is 1.85. The standard InChI is InChI=1S/C20H22Cl2N2O3S/c1-20(2)7-4-8-24(13-20)19(25)15-9-14(10-23-11-15)12-28(26,27)18-16(21)5-3-6-17(18)22/h3,5-6,9-11H,4,7-8,12-13H2,1-2H3. The highest BCUT2D eigenvalue weighted by Crippen LogP contribution is 2.32. The van der Waals surface area contributed by atoms with Crippen LogP contribution in [0, 0.1) is 5.41 Å². The van der Waals surface area contributed by atoms with Crippen LogP contribution in [0.2, 0.25) is 10.0 Å². The van der Waals surface area contributed by atoms with Gasteiger partial charge in [-0.15, -0.1) is 0 Å². The number of aromatic nitrogens is 1. The van der Waals surface area contributed by atoms with Gasteiger partial charge in [-0.05, 0) is 42.0 Å². The van der Waals surface area contributed by atoms with E-state index in [1.165, 1.54) is 24.5 Å². The average molecular weight is 441 g/mol. The molecule has 0 radical (unpaired) electrons. The van der Waals surface area contributed by atoms with E-state index in [0.29, 0.717) is 24.2 Å². The van der Waals surface area contributed by atoms with Crippen molar-refractivity contribution in [3.05, 3.63) is 57.8 Å². The number of halogens is 2. The molecule has 1 amide bonds. The van der Waals surface area contributed by atoms with Gasteiger partial charge in [-0.25, -0.2) is 8.42 Å². The molecule has 0 saturated carbocycles. The zero-order valence-electron chi connectivity index (χ0n) is 15.8. The molecule has 2 heterocycles. The van der Waals surface area contributed by atoms with Gasteiger partial charge in [0.05, 0.1) is 21.4 Å². The molecule has 1 saturated heterocycles. The Morgan fingerprint density at radius 2 is 1.89 bits per heavy atom. The SMILES string of the molecule is CC1(C)CCCN(C(=O)c2cncc(CS(=O)(=O)c3c(Cl)cccc3Cl)c2)C1. The molecule has 3 rings (SSSR count). The highest BCUT2D eigenvalue weighted by molar-refractivity contribution is 7.90. The first-order chi connectivity index (χ1) is 13.1. The lowest BCUT2D eigenvalue weighted by Crippen LogP contribution is -2.43. The number of sulfone groups is 1. The molecule has 1 aromatic carbocycles. The monoisotopic (exact) mass is 440 g/mol. The largest absolute Gasteiger partial charge is 0.338 e. The molecular formula is C20H22Cl2N2O3S. The highest BCUT2D eigenvalue weighted by Gasteiger charge is 2.30. The molecule has 1 fully saturated rings. The third-order valence-corrected chi connectivity index (χ3v) is 7.45. The molecule has 5 nitrogen and oxygen atoms in total. The Morgan fingerprint density at radius 1 is 1.21 bits per heavy atom. The fourth-order valence-electron chi connectivity index (χ4n) is 3.53. The molecule has 2 aromatic rings. The van der Waals surface area contributed by atoms with Crippen LogP contribution in [0.15, 0.2) is 41.6 Å². The van der Waals surface area contributed by atoms with Crippen LogP contribution in [0.1, 0.15) is 42.6 Å². The second-order valence-electron chi connectivity index (χ2n) is 7.89. The number of rotatable bonds is 4. The number of hydrogen-bond acceptors (Lipinski definition) is 4. The lowest BCUT2D eigenvalue weighted by Gasteiger charge is -2.38. The van der Waals surface area contributed by atoms with E-state index in [0.717, 1.165) is 12.8 Å². The topological polar surface area (TPSA) is 67.3 Å². The van der Waals surface area contributed by atoms with Gasteiger partial charge in [-0.3, -0.25) is 9.78 Å². The number of carbonyl (C=O) groups is 1. The first kappa shape index (κ1) is 21.1. The predicted octanol–water partition coefficient (Wildman–Crippen LogP) is 4.62. The summed E-state index contributed by atoms with van der Waals surface area (Å²) in [4.78, 5) is 18.7.